The van der Waals surface area contributed by atoms with E-state index in [1.54, 1.807) is 6.26 Å². The molecule has 1 unspecified atom stereocenters. The topological polar surface area (TPSA) is 55.5 Å². The summed E-state index contributed by atoms with van der Waals surface area (Å²) in [6.07, 6.45) is 3.81. The molecule has 3 N–H and O–H groups in total. The van der Waals surface area contributed by atoms with E-state index in [1.807, 2.05) is 0 Å². The van der Waals surface area contributed by atoms with Gasteiger partial charge in [-0.15, -0.1) is 0 Å². The first-order valence-corrected chi connectivity index (χ1v) is 4.00. The van der Waals surface area contributed by atoms with E-state index in [0.717, 1.165) is 25.0 Å². The fraction of sp³-hybridized carbons (Fsp3) is 0.750. The summed E-state index contributed by atoms with van der Waals surface area (Å²) in [4.78, 5) is 0. The Bertz CT molecular complexity index is 141. The third-order valence-corrected chi connectivity index (χ3v) is 1.99. The molecule has 64 valence electrons. The Labute approximate surface area is 66.8 Å². The molecule has 0 saturated carbocycles. The van der Waals surface area contributed by atoms with Crippen LogP contribution in [0.2, 0.25) is 0 Å². The maximum atomic E-state index is 8.90. The summed E-state index contributed by atoms with van der Waals surface area (Å²) in [6.45, 7) is 1.43. The van der Waals surface area contributed by atoms with E-state index >= 15 is 0 Å². The first-order valence-electron chi connectivity index (χ1n) is 4.00. The second kappa shape index (κ2) is 4.36. The molecule has 0 spiro atoms. The summed E-state index contributed by atoms with van der Waals surface area (Å²) in [5, 5.41) is 8.90. The van der Waals surface area contributed by atoms with Gasteiger partial charge < -0.3 is 15.6 Å². The number of aliphatic hydroxyl groups is 1. The van der Waals surface area contributed by atoms with E-state index in [1.165, 1.54) is 0 Å². The molecule has 0 amide bonds. The second-order valence-corrected chi connectivity index (χ2v) is 2.78. The fourth-order valence-corrected chi connectivity index (χ4v) is 1.23. The van der Waals surface area contributed by atoms with E-state index in [4.69, 9.17) is 15.6 Å². The highest BCUT2D eigenvalue weighted by Gasteiger charge is 2.14. The molecule has 0 saturated heterocycles. The third-order valence-electron chi connectivity index (χ3n) is 1.99. The number of nitrogens with two attached hydrogens (primary N) is 1. The van der Waals surface area contributed by atoms with Crippen molar-refractivity contribution in [2.75, 3.05) is 19.8 Å². The van der Waals surface area contributed by atoms with E-state index in [0.29, 0.717) is 6.54 Å². The van der Waals surface area contributed by atoms with Gasteiger partial charge >= 0.3 is 0 Å². The van der Waals surface area contributed by atoms with Crippen molar-refractivity contribution in [2.24, 2.45) is 11.7 Å². The van der Waals surface area contributed by atoms with Crippen molar-refractivity contribution >= 4 is 0 Å². The van der Waals surface area contributed by atoms with Crippen LogP contribution >= 0.6 is 0 Å². The second-order valence-electron chi connectivity index (χ2n) is 2.78. The third kappa shape index (κ3) is 2.20. The van der Waals surface area contributed by atoms with Crippen LogP contribution in [0, 0.1) is 5.92 Å². The smallest absolute Gasteiger partial charge is 0.0876 e. The van der Waals surface area contributed by atoms with Crippen LogP contribution in [-0.2, 0) is 4.74 Å². The first-order chi connectivity index (χ1) is 5.38. The summed E-state index contributed by atoms with van der Waals surface area (Å²) in [7, 11) is 0. The minimum absolute atomic E-state index is 0.107. The van der Waals surface area contributed by atoms with Crippen LogP contribution in [-0.4, -0.2) is 24.9 Å². The van der Waals surface area contributed by atoms with Crippen LogP contribution in [0.1, 0.15) is 12.8 Å². The zero-order valence-corrected chi connectivity index (χ0v) is 6.62. The molecule has 0 aromatic rings. The summed E-state index contributed by atoms with van der Waals surface area (Å²) in [6, 6.07) is 0. The Morgan fingerprint density at radius 3 is 3.00 bits per heavy atom. The van der Waals surface area contributed by atoms with Gasteiger partial charge in [0.1, 0.15) is 0 Å². The number of hydrogen-bond donors (Lipinski definition) is 2. The van der Waals surface area contributed by atoms with Crippen LogP contribution in [0.3, 0.4) is 0 Å². The molecular weight excluding hydrogens is 142 g/mol. The summed E-state index contributed by atoms with van der Waals surface area (Å²) in [5.74, 6) is 0.107. The van der Waals surface area contributed by atoms with Gasteiger partial charge in [0.25, 0.3) is 0 Å². The maximum Gasteiger partial charge on any atom is 0.0876 e. The standard InChI is InChI=1S/C8H15NO2/c9-4-8(5-10)7-2-1-3-11-6-7/h6,8,10H,1-5,9H2. The monoisotopic (exact) mass is 157 g/mol. The predicted molar refractivity (Wildman–Crippen MR) is 42.9 cm³/mol. The number of hydrogen-bond acceptors (Lipinski definition) is 3. The van der Waals surface area contributed by atoms with Crippen LogP contribution in [0.4, 0.5) is 0 Å². The molecule has 3 heteroatoms. The minimum Gasteiger partial charge on any atom is -0.501 e. The normalized spacial score (nSPS) is 20.4. The molecule has 0 aromatic carbocycles. The van der Waals surface area contributed by atoms with Crippen molar-refractivity contribution in [2.45, 2.75) is 12.8 Å². The zero-order chi connectivity index (χ0) is 8.10. The molecule has 0 aromatic heterocycles. The minimum atomic E-state index is 0.107. The van der Waals surface area contributed by atoms with Gasteiger partial charge in [-0.1, -0.05) is 0 Å². The van der Waals surface area contributed by atoms with Crippen molar-refractivity contribution in [1.82, 2.24) is 0 Å². The van der Waals surface area contributed by atoms with Crippen LogP contribution in [0.5, 0.6) is 0 Å². The molecule has 1 heterocycles. The van der Waals surface area contributed by atoms with Crippen LogP contribution in [0.15, 0.2) is 11.8 Å². The van der Waals surface area contributed by atoms with Gasteiger partial charge in [-0.2, -0.15) is 0 Å². The number of ether oxygens (including phenoxy) is 1. The average molecular weight is 157 g/mol. The Morgan fingerprint density at radius 1 is 1.73 bits per heavy atom. The van der Waals surface area contributed by atoms with E-state index in [2.05, 4.69) is 0 Å². The Morgan fingerprint density at radius 2 is 2.55 bits per heavy atom. The highest BCUT2D eigenvalue weighted by Crippen LogP contribution is 2.19. The van der Waals surface area contributed by atoms with Gasteiger partial charge in [0.15, 0.2) is 0 Å². The molecule has 1 aliphatic heterocycles. The van der Waals surface area contributed by atoms with Gasteiger partial charge in [-0.05, 0) is 18.4 Å². The quantitative estimate of drug-likeness (QED) is 0.617. The summed E-state index contributed by atoms with van der Waals surface area (Å²) >= 11 is 0. The molecular formula is C8H15NO2. The molecule has 0 aliphatic carbocycles. The highest BCUT2D eigenvalue weighted by molar-refractivity contribution is 5.06. The van der Waals surface area contributed by atoms with Gasteiger partial charge in [0.2, 0.25) is 0 Å². The zero-order valence-electron chi connectivity index (χ0n) is 6.62. The first kappa shape index (κ1) is 8.56. The van der Waals surface area contributed by atoms with E-state index in [9.17, 15) is 0 Å². The van der Waals surface area contributed by atoms with E-state index in [-0.39, 0.29) is 12.5 Å². The van der Waals surface area contributed by atoms with Gasteiger partial charge in [-0.3, -0.25) is 0 Å². The van der Waals surface area contributed by atoms with Crippen LogP contribution in [0.25, 0.3) is 0 Å². The summed E-state index contributed by atoms with van der Waals surface area (Å²) < 4.78 is 5.14. The maximum absolute atomic E-state index is 8.90. The molecule has 1 atom stereocenters. The molecule has 1 aliphatic rings. The van der Waals surface area contributed by atoms with Crippen molar-refractivity contribution in [3.8, 4) is 0 Å². The lowest BCUT2D eigenvalue weighted by molar-refractivity contribution is 0.199. The van der Waals surface area contributed by atoms with Crippen molar-refractivity contribution < 1.29 is 9.84 Å². The molecule has 0 radical (unpaired) electrons. The Kier molecular flexibility index (Phi) is 3.39. The van der Waals surface area contributed by atoms with Crippen LogP contribution < -0.4 is 5.73 Å². The predicted octanol–water partition coefficient (Wildman–Crippen LogP) is 0.248. The largest absolute Gasteiger partial charge is 0.501 e. The molecule has 0 fully saturated rings. The molecule has 11 heavy (non-hydrogen) atoms. The number of rotatable bonds is 3. The van der Waals surface area contributed by atoms with Crippen molar-refractivity contribution in [3.05, 3.63) is 11.8 Å². The number of aliphatic hydroxyl groups excluding tert-OH is 1. The van der Waals surface area contributed by atoms with Gasteiger partial charge in [0.05, 0.1) is 19.5 Å². The molecule has 1 rings (SSSR count). The Hall–Kier alpha value is -0.540. The van der Waals surface area contributed by atoms with Gasteiger partial charge in [-0.25, -0.2) is 0 Å². The molecule has 0 bridgehead atoms. The van der Waals surface area contributed by atoms with Crippen molar-refractivity contribution in [3.63, 3.8) is 0 Å². The van der Waals surface area contributed by atoms with E-state index < -0.39 is 0 Å². The fourth-order valence-electron chi connectivity index (χ4n) is 1.23. The lowest BCUT2D eigenvalue weighted by Gasteiger charge is -2.19. The van der Waals surface area contributed by atoms with Gasteiger partial charge in [0, 0.05) is 12.5 Å². The van der Waals surface area contributed by atoms with Crippen molar-refractivity contribution in [1.29, 1.82) is 0 Å². The highest BCUT2D eigenvalue weighted by atomic mass is 16.5. The molecule has 3 nitrogen and oxygen atoms in total. The average Bonchev–Trinajstić information content (AvgIpc) is 2.09. The lowest BCUT2D eigenvalue weighted by Crippen LogP contribution is -2.22. The SMILES string of the molecule is NCC(CO)C1=COCCC1. The Balaban J connectivity index is 2.48. The summed E-state index contributed by atoms with van der Waals surface area (Å²) in [5.41, 5.74) is 6.61. The lowest BCUT2D eigenvalue weighted by atomic mass is 9.96.